The van der Waals surface area contributed by atoms with Crippen molar-refractivity contribution in [3.63, 3.8) is 0 Å². The number of benzene rings is 1. The van der Waals surface area contributed by atoms with Crippen LogP contribution in [0.25, 0.3) is 10.2 Å². The average Bonchev–Trinajstić information content (AvgIpc) is 2.82. The Kier molecular flexibility index (Phi) is 3.44. The summed E-state index contributed by atoms with van der Waals surface area (Å²) in [6.07, 6.45) is 2.36. The van der Waals surface area contributed by atoms with Crippen molar-refractivity contribution in [2.45, 2.75) is 25.1 Å². The maximum atomic E-state index is 6.18. The highest BCUT2D eigenvalue weighted by Gasteiger charge is 2.24. The van der Waals surface area contributed by atoms with E-state index in [1.54, 1.807) is 11.3 Å². The van der Waals surface area contributed by atoms with E-state index in [-0.39, 0.29) is 0 Å². The van der Waals surface area contributed by atoms with Gasteiger partial charge in [-0.05, 0) is 37.8 Å². The second-order valence-corrected chi connectivity index (χ2v) is 6.66. The number of piperidine rings is 1. The summed E-state index contributed by atoms with van der Waals surface area (Å²) in [4.78, 5) is 7.12. The molecule has 1 saturated heterocycles. The minimum Gasteiger partial charge on any atom is -0.348 e. The maximum Gasteiger partial charge on any atom is 0.186 e. The molecule has 0 saturated carbocycles. The standard InChI is InChI=1S/C14H17ClN2S/c1-10(15)11-6-8-17(9-7-11)14-16-12-4-2-3-5-13(12)18-14/h2-5,10-11H,6-9H2,1H3. The van der Waals surface area contributed by atoms with E-state index >= 15 is 0 Å². The van der Waals surface area contributed by atoms with Crippen LogP contribution in [-0.4, -0.2) is 23.5 Å². The van der Waals surface area contributed by atoms with Crippen molar-refractivity contribution in [2.24, 2.45) is 5.92 Å². The third-order valence-corrected chi connectivity index (χ3v) is 5.20. The van der Waals surface area contributed by atoms with E-state index in [1.165, 1.54) is 17.5 Å². The van der Waals surface area contributed by atoms with E-state index in [0.29, 0.717) is 11.3 Å². The lowest BCUT2D eigenvalue weighted by molar-refractivity contribution is 0.400. The Morgan fingerprint density at radius 3 is 2.72 bits per heavy atom. The zero-order valence-corrected chi connectivity index (χ0v) is 12.0. The summed E-state index contributed by atoms with van der Waals surface area (Å²) in [5.74, 6) is 0.664. The summed E-state index contributed by atoms with van der Waals surface area (Å²) >= 11 is 7.98. The normalized spacial score (nSPS) is 19.3. The van der Waals surface area contributed by atoms with Gasteiger partial charge in [0.2, 0.25) is 0 Å². The number of fused-ring (bicyclic) bond motifs is 1. The first-order chi connectivity index (χ1) is 8.74. The number of aromatic nitrogens is 1. The number of anilines is 1. The third-order valence-electron chi connectivity index (χ3n) is 3.74. The Morgan fingerprint density at radius 2 is 2.06 bits per heavy atom. The molecule has 2 heterocycles. The first-order valence-electron chi connectivity index (χ1n) is 6.48. The van der Waals surface area contributed by atoms with E-state index in [1.807, 2.05) is 6.07 Å². The van der Waals surface area contributed by atoms with Gasteiger partial charge >= 0.3 is 0 Å². The molecule has 1 aliphatic rings. The fourth-order valence-corrected chi connectivity index (χ4v) is 3.81. The Morgan fingerprint density at radius 1 is 1.33 bits per heavy atom. The predicted octanol–water partition coefficient (Wildman–Crippen LogP) is 4.14. The Labute approximate surface area is 117 Å². The molecule has 0 aliphatic carbocycles. The average molecular weight is 281 g/mol. The molecule has 0 spiro atoms. The molecular weight excluding hydrogens is 264 g/mol. The number of thiazole rings is 1. The van der Waals surface area contributed by atoms with Crippen LogP contribution in [0.1, 0.15) is 19.8 Å². The molecule has 2 nitrogen and oxygen atoms in total. The van der Waals surface area contributed by atoms with Gasteiger partial charge in [0.25, 0.3) is 0 Å². The van der Waals surface area contributed by atoms with E-state index in [4.69, 9.17) is 16.6 Å². The molecule has 0 radical (unpaired) electrons. The lowest BCUT2D eigenvalue weighted by atomic mass is 9.94. The van der Waals surface area contributed by atoms with Crippen LogP contribution in [-0.2, 0) is 0 Å². The van der Waals surface area contributed by atoms with Crippen LogP contribution < -0.4 is 4.90 Å². The van der Waals surface area contributed by atoms with Crippen LogP contribution >= 0.6 is 22.9 Å². The topological polar surface area (TPSA) is 16.1 Å². The molecule has 96 valence electrons. The molecule has 1 aliphatic heterocycles. The number of para-hydroxylation sites is 1. The summed E-state index contributed by atoms with van der Waals surface area (Å²) in [6, 6.07) is 8.35. The summed E-state index contributed by atoms with van der Waals surface area (Å²) in [6.45, 7) is 4.28. The Bertz CT molecular complexity index is 496. The van der Waals surface area contributed by atoms with Gasteiger partial charge in [-0.3, -0.25) is 0 Å². The van der Waals surface area contributed by atoms with Crippen LogP contribution in [0.4, 0.5) is 5.13 Å². The van der Waals surface area contributed by atoms with Gasteiger partial charge in [-0.1, -0.05) is 23.5 Å². The lowest BCUT2D eigenvalue weighted by Crippen LogP contribution is -2.35. The fourth-order valence-electron chi connectivity index (χ4n) is 2.55. The summed E-state index contributed by atoms with van der Waals surface area (Å²) in [5.41, 5.74) is 1.12. The van der Waals surface area contributed by atoms with Gasteiger partial charge in [0.1, 0.15) is 0 Å². The second-order valence-electron chi connectivity index (χ2n) is 4.97. The molecule has 18 heavy (non-hydrogen) atoms. The minimum atomic E-state index is 0.294. The number of halogens is 1. The monoisotopic (exact) mass is 280 g/mol. The van der Waals surface area contributed by atoms with Crippen molar-refractivity contribution < 1.29 is 0 Å². The predicted molar refractivity (Wildman–Crippen MR) is 79.9 cm³/mol. The van der Waals surface area contributed by atoms with Gasteiger partial charge in [0.15, 0.2) is 5.13 Å². The van der Waals surface area contributed by atoms with Crippen LogP contribution in [0, 0.1) is 5.92 Å². The van der Waals surface area contributed by atoms with E-state index in [9.17, 15) is 0 Å². The molecule has 0 amide bonds. The van der Waals surface area contributed by atoms with Crippen LogP contribution in [0.15, 0.2) is 24.3 Å². The minimum absolute atomic E-state index is 0.294. The van der Waals surface area contributed by atoms with E-state index < -0.39 is 0 Å². The van der Waals surface area contributed by atoms with Crippen molar-refractivity contribution in [2.75, 3.05) is 18.0 Å². The summed E-state index contributed by atoms with van der Waals surface area (Å²) < 4.78 is 1.28. The van der Waals surface area contributed by atoms with Crippen LogP contribution in [0.3, 0.4) is 0 Å². The number of hydrogen-bond donors (Lipinski definition) is 0. The van der Waals surface area contributed by atoms with Crippen molar-refractivity contribution in [1.29, 1.82) is 0 Å². The molecular formula is C14H17ClN2S. The maximum absolute atomic E-state index is 6.18. The molecule has 1 atom stereocenters. The number of hydrogen-bond acceptors (Lipinski definition) is 3. The second kappa shape index (κ2) is 5.06. The SMILES string of the molecule is CC(Cl)C1CCN(c2nc3ccccc3s2)CC1. The van der Waals surface area contributed by atoms with Crippen molar-refractivity contribution >= 4 is 38.3 Å². The van der Waals surface area contributed by atoms with Crippen LogP contribution in [0.2, 0.25) is 0 Å². The Balaban J connectivity index is 1.76. The van der Waals surface area contributed by atoms with E-state index in [2.05, 4.69) is 30.0 Å². The van der Waals surface area contributed by atoms with Crippen molar-refractivity contribution in [3.8, 4) is 0 Å². The lowest BCUT2D eigenvalue weighted by Gasteiger charge is -2.32. The number of alkyl halides is 1. The molecule has 0 bridgehead atoms. The van der Waals surface area contributed by atoms with Crippen molar-refractivity contribution in [1.82, 2.24) is 4.98 Å². The molecule has 3 rings (SSSR count). The van der Waals surface area contributed by atoms with Gasteiger partial charge in [0, 0.05) is 18.5 Å². The smallest absolute Gasteiger partial charge is 0.186 e. The molecule has 1 fully saturated rings. The first kappa shape index (κ1) is 12.2. The molecule has 4 heteroatoms. The zero-order valence-electron chi connectivity index (χ0n) is 10.5. The van der Waals surface area contributed by atoms with Gasteiger partial charge in [-0.2, -0.15) is 0 Å². The van der Waals surface area contributed by atoms with E-state index in [0.717, 1.165) is 23.7 Å². The third kappa shape index (κ3) is 2.34. The van der Waals surface area contributed by atoms with Gasteiger partial charge in [0.05, 0.1) is 10.2 Å². The summed E-state index contributed by atoms with van der Waals surface area (Å²) in [5, 5.41) is 1.46. The Hall–Kier alpha value is -0.800. The largest absolute Gasteiger partial charge is 0.348 e. The summed E-state index contributed by atoms with van der Waals surface area (Å²) in [7, 11) is 0. The highest BCUT2D eigenvalue weighted by atomic mass is 35.5. The molecule has 1 unspecified atom stereocenters. The fraction of sp³-hybridized carbons (Fsp3) is 0.500. The highest BCUT2D eigenvalue weighted by Crippen LogP contribution is 2.32. The van der Waals surface area contributed by atoms with Gasteiger partial charge in [-0.25, -0.2) is 4.98 Å². The van der Waals surface area contributed by atoms with Crippen molar-refractivity contribution in [3.05, 3.63) is 24.3 Å². The highest BCUT2D eigenvalue weighted by molar-refractivity contribution is 7.22. The van der Waals surface area contributed by atoms with Crippen LogP contribution in [0.5, 0.6) is 0 Å². The number of nitrogens with zero attached hydrogens (tertiary/aromatic N) is 2. The zero-order chi connectivity index (χ0) is 12.5. The molecule has 1 aromatic heterocycles. The molecule has 2 aromatic rings. The van der Waals surface area contributed by atoms with Gasteiger partial charge < -0.3 is 4.90 Å². The number of rotatable bonds is 2. The molecule has 1 aromatic carbocycles. The quantitative estimate of drug-likeness (QED) is 0.769. The van der Waals surface area contributed by atoms with Gasteiger partial charge in [-0.15, -0.1) is 11.6 Å². The first-order valence-corrected chi connectivity index (χ1v) is 7.74. The molecule has 0 N–H and O–H groups in total.